The molecule has 2 aromatic carbocycles. The highest BCUT2D eigenvalue weighted by Gasteiger charge is 2.46. The van der Waals surface area contributed by atoms with Crippen molar-refractivity contribution in [3.63, 3.8) is 0 Å². The van der Waals surface area contributed by atoms with Gasteiger partial charge in [0.25, 0.3) is 0 Å². The van der Waals surface area contributed by atoms with Gasteiger partial charge in [-0.15, -0.1) is 0 Å². The molecule has 14 nitrogen and oxygen atoms in total. The number of benzene rings is 2. The van der Waals surface area contributed by atoms with Gasteiger partial charge >= 0.3 is 11.9 Å². The van der Waals surface area contributed by atoms with Crippen molar-refractivity contribution in [2.24, 2.45) is 11.8 Å². The Morgan fingerprint density at radius 2 is 1.24 bits per heavy atom. The largest absolute Gasteiger partial charge is 0.494 e. The molecule has 1 saturated heterocycles. The van der Waals surface area contributed by atoms with Crippen molar-refractivity contribution in [3.8, 4) is 11.5 Å². The van der Waals surface area contributed by atoms with Crippen LogP contribution in [-0.2, 0) is 33.4 Å². The van der Waals surface area contributed by atoms with E-state index in [2.05, 4.69) is 41.5 Å². The molecule has 0 spiro atoms. The smallest absolute Gasteiger partial charge is 0.343 e. The van der Waals surface area contributed by atoms with Gasteiger partial charge in [-0.2, -0.15) is 4.98 Å². The third-order valence-corrected chi connectivity index (χ3v) is 9.76. The molecular weight excluding hydrogens is 723 g/mol. The van der Waals surface area contributed by atoms with Crippen molar-refractivity contribution in [2.75, 3.05) is 61.3 Å². The maximum Gasteiger partial charge on any atom is 0.343 e. The maximum absolute atomic E-state index is 12.4. The number of esters is 2. The van der Waals surface area contributed by atoms with Crippen LogP contribution in [-0.4, -0.2) is 81.9 Å². The third-order valence-electron chi connectivity index (χ3n) is 9.05. The summed E-state index contributed by atoms with van der Waals surface area (Å²) in [5, 5.41) is 6.59. The molecule has 4 aromatic rings. The first-order valence-electron chi connectivity index (χ1n) is 18.6. The molecule has 3 unspecified atom stereocenters. The summed E-state index contributed by atoms with van der Waals surface area (Å²) >= 11 is 0. The highest BCUT2D eigenvalue weighted by atomic mass is 32.2. The van der Waals surface area contributed by atoms with Crippen LogP contribution in [0.25, 0.3) is 0 Å². The minimum absolute atomic E-state index is 0.156. The van der Waals surface area contributed by atoms with Crippen molar-refractivity contribution in [2.45, 2.75) is 66.2 Å². The van der Waals surface area contributed by atoms with Crippen LogP contribution >= 0.6 is 0 Å². The van der Waals surface area contributed by atoms with E-state index in [1.165, 1.54) is 18.9 Å². The Bertz CT molecular complexity index is 1990. The molecule has 1 aliphatic heterocycles. The van der Waals surface area contributed by atoms with E-state index >= 15 is 0 Å². The van der Waals surface area contributed by atoms with Crippen molar-refractivity contribution in [1.82, 2.24) is 19.9 Å². The number of anilines is 3. The number of carbonyl (C=O) groups excluding carboxylic acids is 2. The summed E-state index contributed by atoms with van der Waals surface area (Å²) in [6.07, 6.45) is 5.72. The molecule has 3 atom stereocenters. The van der Waals surface area contributed by atoms with Crippen LogP contribution in [0, 0.1) is 25.7 Å². The number of ether oxygens (including phenoxy) is 4. The van der Waals surface area contributed by atoms with Gasteiger partial charge in [-0.25, -0.2) is 24.5 Å². The Balaban J connectivity index is 0.000000213. The van der Waals surface area contributed by atoms with E-state index in [1.54, 1.807) is 20.0 Å². The van der Waals surface area contributed by atoms with Gasteiger partial charge in [-0.05, 0) is 94.2 Å². The highest BCUT2D eigenvalue weighted by molar-refractivity contribution is 7.84. The number of hydrogen-bond donors (Lipinski definition) is 2. The first kappa shape index (κ1) is 40.9. The number of hydrogen-bond acceptors (Lipinski definition) is 14. The van der Waals surface area contributed by atoms with Gasteiger partial charge < -0.3 is 34.5 Å². The molecular formula is C40H51N7O7S. The first-order valence-corrected chi connectivity index (χ1v) is 20.2. The van der Waals surface area contributed by atoms with Crippen molar-refractivity contribution in [3.05, 3.63) is 82.2 Å². The zero-order valence-electron chi connectivity index (χ0n) is 32.6. The number of rotatable bonds is 16. The predicted octanol–water partition coefficient (Wildman–Crippen LogP) is 6.14. The lowest BCUT2D eigenvalue weighted by atomic mass is 10.1. The van der Waals surface area contributed by atoms with Gasteiger partial charge in [-0.1, -0.05) is 24.3 Å². The number of carbonyl (C=O) groups is 2. The highest BCUT2D eigenvalue weighted by Crippen LogP contribution is 2.45. The predicted molar refractivity (Wildman–Crippen MR) is 211 cm³/mol. The molecule has 55 heavy (non-hydrogen) atoms. The second-order valence-electron chi connectivity index (χ2n) is 13.2. The summed E-state index contributed by atoms with van der Waals surface area (Å²) in [4.78, 5) is 44.0. The molecule has 2 aromatic heterocycles. The topological polar surface area (TPSA) is 167 Å². The molecule has 6 rings (SSSR count). The van der Waals surface area contributed by atoms with Gasteiger partial charge in [0.05, 0.1) is 37.2 Å². The van der Waals surface area contributed by atoms with Crippen molar-refractivity contribution < 1.29 is 32.7 Å². The summed E-state index contributed by atoms with van der Waals surface area (Å²) < 4.78 is 33.0. The molecule has 2 aliphatic rings. The van der Waals surface area contributed by atoms with Crippen LogP contribution < -0.4 is 25.0 Å². The van der Waals surface area contributed by atoms with E-state index in [0.717, 1.165) is 58.7 Å². The van der Waals surface area contributed by atoms with E-state index in [0.29, 0.717) is 56.1 Å². The SMILES string of the molecule is CCOC(=O)c1cnc(N2CC3CC3C2)nc1NCc1ccc(OCC)c(C)c1.CCOC(=O)c1cnc(S(C)=O)nc1NCc1ccc(OCC)c(C)c1. The van der Waals surface area contributed by atoms with Crippen LogP contribution in [0.15, 0.2) is 53.9 Å². The standard InChI is InChI=1S/C22H28N4O3.C18H23N3O4S/c1-4-28-19-7-6-15(8-14(19)3)10-23-20-18(21(27)29-5-2)11-24-22(25-20)26-12-16-9-17(16)13-26;1-5-24-15-8-7-13(9-12(15)3)10-19-16-14(17(22)25-6-2)11-20-18(21-16)26(4)23/h6-8,11,16-17H,4-5,9-10,12-13H2,1-3H3,(H,23,24,25);7-9,11H,5-6,10H2,1-4H3,(H,19,20,21). The summed E-state index contributed by atoms with van der Waals surface area (Å²) in [5.41, 5.74) is 4.76. The molecule has 2 fully saturated rings. The summed E-state index contributed by atoms with van der Waals surface area (Å²) in [6.45, 7) is 16.2. The average molecular weight is 774 g/mol. The van der Waals surface area contributed by atoms with Gasteiger partial charge in [0.15, 0.2) is 0 Å². The summed E-state index contributed by atoms with van der Waals surface area (Å²) in [5.74, 6) is 3.86. The van der Waals surface area contributed by atoms with Crippen molar-refractivity contribution in [1.29, 1.82) is 0 Å². The molecule has 294 valence electrons. The number of nitrogens with one attached hydrogen (secondary N) is 2. The molecule has 3 heterocycles. The van der Waals surface area contributed by atoms with Crippen LogP contribution in [0.2, 0.25) is 0 Å². The minimum atomic E-state index is -1.35. The fourth-order valence-corrected chi connectivity index (χ4v) is 6.65. The van der Waals surface area contributed by atoms with Crippen molar-refractivity contribution >= 4 is 40.3 Å². The van der Waals surface area contributed by atoms with E-state index in [1.807, 2.05) is 58.0 Å². The maximum atomic E-state index is 12.4. The minimum Gasteiger partial charge on any atom is -0.494 e. The Kier molecular flexibility index (Phi) is 14.4. The Morgan fingerprint density at radius 3 is 1.69 bits per heavy atom. The van der Waals surface area contributed by atoms with Crippen LogP contribution in [0.3, 0.4) is 0 Å². The number of fused-ring (bicyclic) bond motifs is 1. The molecule has 1 aliphatic carbocycles. The van der Waals surface area contributed by atoms with E-state index in [-0.39, 0.29) is 17.3 Å². The number of piperidine rings is 1. The lowest BCUT2D eigenvalue weighted by molar-refractivity contribution is 0.0516. The Hall–Kier alpha value is -5.31. The second-order valence-corrected chi connectivity index (χ2v) is 14.4. The summed E-state index contributed by atoms with van der Waals surface area (Å²) in [7, 11) is -1.35. The van der Waals surface area contributed by atoms with E-state index < -0.39 is 22.7 Å². The monoisotopic (exact) mass is 773 g/mol. The molecule has 0 amide bonds. The first-order chi connectivity index (χ1) is 26.5. The second kappa shape index (κ2) is 19.3. The fourth-order valence-electron chi connectivity index (χ4n) is 6.23. The lowest BCUT2D eigenvalue weighted by Gasteiger charge is -2.19. The fraction of sp³-hybridized carbons (Fsp3) is 0.450. The normalized spacial score (nSPS) is 15.9. The van der Waals surface area contributed by atoms with Gasteiger partial charge in [0.1, 0.15) is 34.3 Å². The summed E-state index contributed by atoms with van der Waals surface area (Å²) in [6, 6.07) is 11.9. The average Bonchev–Trinajstić information content (AvgIpc) is 3.79. The lowest BCUT2D eigenvalue weighted by Crippen LogP contribution is -2.25. The van der Waals surface area contributed by atoms with E-state index in [4.69, 9.17) is 18.9 Å². The van der Waals surface area contributed by atoms with Crippen LogP contribution in [0.5, 0.6) is 11.5 Å². The number of nitrogens with zero attached hydrogens (tertiary/aromatic N) is 5. The molecule has 2 N–H and O–H groups in total. The molecule has 0 bridgehead atoms. The van der Waals surface area contributed by atoms with Gasteiger partial charge in [-0.3, -0.25) is 4.21 Å². The van der Waals surface area contributed by atoms with Gasteiger partial charge in [0, 0.05) is 44.8 Å². The van der Waals surface area contributed by atoms with Crippen LogP contribution in [0.4, 0.5) is 17.6 Å². The molecule has 0 radical (unpaired) electrons. The zero-order chi connectivity index (χ0) is 39.5. The molecule has 1 saturated carbocycles. The van der Waals surface area contributed by atoms with E-state index in [9.17, 15) is 13.8 Å². The Morgan fingerprint density at radius 1 is 0.745 bits per heavy atom. The Labute approximate surface area is 325 Å². The number of aryl methyl sites for hydroxylation is 2. The quantitative estimate of drug-likeness (QED) is 0.0985. The van der Waals surface area contributed by atoms with Crippen LogP contribution in [0.1, 0.15) is 77.1 Å². The zero-order valence-corrected chi connectivity index (χ0v) is 33.5. The number of aromatic nitrogens is 4. The third kappa shape index (κ3) is 10.9. The molecule has 15 heteroatoms. The van der Waals surface area contributed by atoms with Gasteiger partial charge in [0.2, 0.25) is 11.1 Å².